The molecular formula is C10H18O5S. The average molecular weight is 250 g/mol. The van der Waals surface area contributed by atoms with E-state index < -0.39 is 33.9 Å². The lowest BCUT2D eigenvalue weighted by molar-refractivity contribution is -0.142. The highest BCUT2D eigenvalue weighted by Crippen LogP contribution is 2.17. The summed E-state index contributed by atoms with van der Waals surface area (Å²) in [4.78, 5) is 21.3. The maximum absolute atomic E-state index is 11.6. The van der Waals surface area contributed by atoms with Crippen LogP contribution in [0.3, 0.4) is 0 Å². The van der Waals surface area contributed by atoms with E-state index in [1.165, 1.54) is 0 Å². The molecule has 16 heavy (non-hydrogen) atoms. The molecule has 3 atom stereocenters. The van der Waals surface area contributed by atoms with E-state index in [-0.39, 0.29) is 12.8 Å². The third-order valence-corrected chi connectivity index (χ3v) is 4.34. The first-order valence-corrected chi connectivity index (χ1v) is 6.60. The molecule has 0 heterocycles. The van der Waals surface area contributed by atoms with Crippen molar-refractivity contribution in [2.45, 2.75) is 38.4 Å². The summed E-state index contributed by atoms with van der Waals surface area (Å²) in [7, 11) is -1.20. The van der Waals surface area contributed by atoms with Crippen molar-refractivity contribution >= 4 is 22.7 Å². The lowest BCUT2D eigenvalue weighted by Crippen LogP contribution is -2.31. The molecule has 6 heteroatoms. The Balaban J connectivity index is 4.46. The Hall–Kier alpha value is -0.910. The molecule has 0 spiro atoms. The summed E-state index contributed by atoms with van der Waals surface area (Å²) in [5.41, 5.74) is 0. The highest BCUT2D eigenvalue weighted by molar-refractivity contribution is 7.85. The van der Waals surface area contributed by atoms with Crippen LogP contribution in [0, 0.1) is 5.92 Å². The van der Waals surface area contributed by atoms with E-state index in [0.29, 0.717) is 5.75 Å². The first-order valence-electron chi connectivity index (χ1n) is 5.21. The summed E-state index contributed by atoms with van der Waals surface area (Å²) >= 11 is 0. The zero-order chi connectivity index (χ0) is 12.7. The first-order chi connectivity index (χ1) is 7.40. The summed E-state index contributed by atoms with van der Waals surface area (Å²) < 4.78 is 11.6. The molecule has 0 aliphatic heterocycles. The Morgan fingerprint density at radius 1 is 1.31 bits per heavy atom. The summed E-state index contributed by atoms with van der Waals surface area (Å²) in [6, 6.07) is 0. The lowest BCUT2D eigenvalue weighted by atomic mass is 10.0. The van der Waals surface area contributed by atoms with Gasteiger partial charge in [-0.2, -0.15) is 0 Å². The second-order valence-electron chi connectivity index (χ2n) is 3.67. The van der Waals surface area contributed by atoms with Gasteiger partial charge in [0, 0.05) is 28.2 Å². The van der Waals surface area contributed by atoms with Crippen LogP contribution >= 0.6 is 0 Å². The zero-order valence-electron chi connectivity index (χ0n) is 9.51. The molecule has 0 saturated carbocycles. The van der Waals surface area contributed by atoms with Crippen molar-refractivity contribution in [3.63, 3.8) is 0 Å². The number of aliphatic carboxylic acids is 2. The van der Waals surface area contributed by atoms with E-state index in [9.17, 15) is 13.8 Å². The topological polar surface area (TPSA) is 91.7 Å². The van der Waals surface area contributed by atoms with E-state index >= 15 is 0 Å². The van der Waals surface area contributed by atoms with Crippen LogP contribution in [0.1, 0.15) is 33.1 Å². The molecule has 2 N–H and O–H groups in total. The SMILES string of the molecule is CCCS(=O)C(C)C(CCC(=O)O)C(=O)O. The minimum absolute atomic E-state index is 0.0291. The number of carboxylic acid groups (broad SMARTS) is 2. The molecule has 0 bridgehead atoms. The largest absolute Gasteiger partial charge is 0.481 e. The fourth-order valence-electron chi connectivity index (χ4n) is 1.41. The minimum Gasteiger partial charge on any atom is -0.481 e. The van der Waals surface area contributed by atoms with Crippen molar-refractivity contribution in [2.24, 2.45) is 5.92 Å². The fourth-order valence-corrected chi connectivity index (χ4v) is 2.80. The molecule has 0 saturated heterocycles. The predicted octanol–water partition coefficient (Wildman–Crippen LogP) is 1.10. The van der Waals surface area contributed by atoms with Crippen LogP contribution in [0.5, 0.6) is 0 Å². The fraction of sp³-hybridized carbons (Fsp3) is 0.800. The summed E-state index contributed by atoms with van der Waals surface area (Å²) in [6.07, 6.45) is 0.550. The quantitative estimate of drug-likeness (QED) is 0.673. The number of rotatable bonds is 8. The summed E-state index contributed by atoms with van der Waals surface area (Å²) in [5.74, 6) is -2.49. The number of hydrogen-bond acceptors (Lipinski definition) is 3. The van der Waals surface area contributed by atoms with Gasteiger partial charge in [0.1, 0.15) is 0 Å². The second-order valence-corrected chi connectivity index (χ2v) is 5.58. The standard InChI is InChI=1S/C10H18O5S/c1-3-6-16(15)7(2)8(10(13)14)4-5-9(11)12/h7-8H,3-6H2,1-2H3,(H,11,12)(H,13,14). The Kier molecular flexibility index (Phi) is 6.96. The van der Waals surface area contributed by atoms with Crippen LogP contribution in [0.2, 0.25) is 0 Å². The van der Waals surface area contributed by atoms with Crippen LogP contribution in [0.15, 0.2) is 0 Å². The molecule has 0 rings (SSSR count). The number of carbonyl (C=O) groups is 2. The number of hydrogen-bond donors (Lipinski definition) is 2. The van der Waals surface area contributed by atoms with E-state index in [1.54, 1.807) is 6.92 Å². The monoisotopic (exact) mass is 250 g/mol. The van der Waals surface area contributed by atoms with Gasteiger partial charge in [0.15, 0.2) is 0 Å². The Labute approximate surface area is 97.3 Å². The maximum Gasteiger partial charge on any atom is 0.307 e. The molecule has 94 valence electrons. The van der Waals surface area contributed by atoms with E-state index in [4.69, 9.17) is 10.2 Å². The molecule has 0 aromatic carbocycles. The second kappa shape index (κ2) is 7.38. The van der Waals surface area contributed by atoms with Gasteiger partial charge in [0.25, 0.3) is 0 Å². The van der Waals surface area contributed by atoms with Crippen molar-refractivity contribution in [3.05, 3.63) is 0 Å². The van der Waals surface area contributed by atoms with Crippen molar-refractivity contribution in [2.75, 3.05) is 5.75 Å². The molecule has 0 aromatic heterocycles. The highest BCUT2D eigenvalue weighted by atomic mass is 32.2. The van der Waals surface area contributed by atoms with Gasteiger partial charge in [-0.3, -0.25) is 13.8 Å². The van der Waals surface area contributed by atoms with Gasteiger partial charge < -0.3 is 10.2 Å². The van der Waals surface area contributed by atoms with Gasteiger partial charge in [-0.05, 0) is 19.8 Å². The van der Waals surface area contributed by atoms with Gasteiger partial charge in [-0.25, -0.2) is 0 Å². The molecule has 0 fully saturated rings. The van der Waals surface area contributed by atoms with E-state index in [1.807, 2.05) is 6.92 Å². The first kappa shape index (κ1) is 15.1. The normalized spacial score (nSPS) is 16.4. The molecule has 0 radical (unpaired) electrons. The zero-order valence-corrected chi connectivity index (χ0v) is 10.3. The third kappa shape index (κ3) is 5.25. The molecule has 5 nitrogen and oxygen atoms in total. The van der Waals surface area contributed by atoms with Crippen molar-refractivity contribution in [1.82, 2.24) is 0 Å². The molecule has 0 amide bonds. The van der Waals surface area contributed by atoms with Crippen LogP contribution in [-0.4, -0.2) is 37.4 Å². The van der Waals surface area contributed by atoms with Crippen molar-refractivity contribution < 1.29 is 24.0 Å². The molecule has 0 aliphatic carbocycles. The molecular weight excluding hydrogens is 232 g/mol. The molecule has 0 aliphatic rings. The lowest BCUT2D eigenvalue weighted by Gasteiger charge is -2.18. The average Bonchev–Trinajstić information content (AvgIpc) is 2.17. The summed E-state index contributed by atoms with van der Waals surface area (Å²) in [6.45, 7) is 3.48. The van der Waals surface area contributed by atoms with Gasteiger partial charge in [0.2, 0.25) is 0 Å². The van der Waals surface area contributed by atoms with E-state index in [0.717, 1.165) is 6.42 Å². The van der Waals surface area contributed by atoms with Gasteiger partial charge in [0.05, 0.1) is 5.92 Å². The Morgan fingerprint density at radius 3 is 2.25 bits per heavy atom. The maximum atomic E-state index is 11.6. The number of carboxylic acids is 2. The van der Waals surface area contributed by atoms with Crippen LogP contribution in [0.4, 0.5) is 0 Å². The van der Waals surface area contributed by atoms with Gasteiger partial charge in [-0.1, -0.05) is 6.92 Å². The predicted molar refractivity (Wildman–Crippen MR) is 60.8 cm³/mol. The molecule has 0 aromatic rings. The van der Waals surface area contributed by atoms with Crippen molar-refractivity contribution in [1.29, 1.82) is 0 Å². The summed E-state index contributed by atoms with van der Waals surface area (Å²) in [5, 5.41) is 16.9. The Bertz CT molecular complexity index is 276. The van der Waals surface area contributed by atoms with E-state index in [2.05, 4.69) is 0 Å². The highest BCUT2D eigenvalue weighted by Gasteiger charge is 2.28. The smallest absolute Gasteiger partial charge is 0.307 e. The minimum atomic E-state index is -1.20. The van der Waals surface area contributed by atoms with Crippen molar-refractivity contribution in [3.8, 4) is 0 Å². The van der Waals surface area contributed by atoms with Crippen LogP contribution < -0.4 is 0 Å². The Morgan fingerprint density at radius 2 is 1.88 bits per heavy atom. The van der Waals surface area contributed by atoms with Gasteiger partial charge >= 0.3 is 11.9 Å². The third-order valence-electron chi connectivity index (χ3n) is 2.37. The van der Waals surface area contributed by atoms with Crippen LogP contribution in [-0.2, 0) is 20.4 Å². The van der Waals surface area contributed by atoms with Gasteiger partial charge in [-0.15, -0.1) is 0 Å². The molecule has 3 unspecified atom stereocenters. The van der Waals surface area contributed by atoms with Crippen LogP contribution in [0.25, 0.3) is 0 Å².